The van der Waals surface area contributed by atoms with Crippen molar-refractivity contribution in [1.29, 1.82) is 0 Å². The van der Waals surface area contributed by atoms with Crippen molar-refractivity contribution in [2.45, 2.75) is 57.2 Å². The van der Waals surface area contributed by atoms with Gasteiger partial charge in [-0.25, -0.2) is 0 Å². The molecule has 4 heterocycles. The van der Waals surface area contributed by atoms with Crippen molar-refractivity contribution < 1.29 is 9.59 Å². The maximum atomic E-state index is 13.4. The van der Waals surface area contributed by atoms with Crippen LogP contribution in [0.15, 0.2) is 35.9 Å². The van der Waals surface area contributed by atoms with Gasteiger partial charge < -0.3 is 9.80 Å². The molecule has 2 bridgehead atoms. The Labute approximate surface area is 178 Å². The van der Waals surface area contributed by atoms with E-state index in [-0.39, 0.29) is 24.4 Å². The van der Waals surface area contributed by atoms with Crippen LogP contribution in [0.1, 0.15) is 54.4 Å². The Balaban J connectivity index is 1.22. The summed E-state index contributed by atoms with van der Waals surface area (Å²) in [4.78, 5) is 32.8. The first kappa shape index (κ1) is 18.6. The fourth-order valence-corrected chi connectivity index (χ4v) is 6.95. The Morgan fingerprint density at radius 2 is 2.00 bits per heavy atom. The first-order valence-corrected chi connectivity index (χ1v) is 11.8. The molecule has 0 N–H and O–H groups in total. The van der Waals surface area contributed by atoms with Gasteiger partial charge in [-0.05, 0) is 62.1 Å². The minimum Gasteiger partial charge on any atom is -0.334 e. The van der Waals surface area contributed by atoms with Crippen LogP contribution in [0.3, 0.4) is 0 Å². The second kappa shape index (κ2) is 7.23. The lowest BCUT2D eigenvalue weighted by molar-refractivity contribution is -0.137. The summed E-state index contributed by atoms with van der Waals surface area (Å²) >= 11 is 0. The molecule has 1 aromatic rings. The number of likely N-dealkylation sites (tertiary alicyclic amines) is 1. The highest BCUT2D eigenvalue weighted by molar-refractivity contribution is 6.00. The predicted octanol–water partition coefficient (Wildman–Crippen LogP) is 3.06. The van der Waals surface area contributed by atoms with Crippen LogP contribution in [0, 0.1) is 11.8 Å². The van der Waals surface area contributed by atoms with Crippen molar-refractivity contribution in [1.82, 2.24) is 14.7 Å². The van der Waals surface area contributed by atoms with Crippen LogP contribution < -0.4 is 0 Å². The highest BCUT2D eigenvalue weighted by Gasteiger charge is 2.47. The summed E-state index contributed by atoms with van der Waals surface area (Å²) < 4.78 is 0. The number of benzene rings is 1. The minimum atomic E-state index is 0.00394. The third kappa shape index (κ3) is 2.93. The van der Waals surface area contributed by atoms with E-state index in [1.165, 1.54) is 37.8 Å². The molecule has 1 aromatic carbocycles. The average molecular weight is 406 g/mol. The molecule has 0 radical (unpaired) electrons. The highest BCUT2D eigenvalue weighted by atomic mass is 16.2. The Kier molecular flexibility index (Phi) is 4.48. The van der Waals surface area contributed by atoms with E-state index < -0.39 is 0 Å². The number of piperidine rings is 3. The van der Waals surface area contributed by atoms with E-state index in [1.54, 1.807) is 4.90 Å². The van der Waals surface area contributed by atoms with Crippen molar-refractivity contribution >= 4 is 11.8 Å². The maximum Gasteiger partial charge on any atom is 0.254 e. The molecule has 3 fully saturated rings. The molecule has 5 nitrogen and oxygen atoms in total. The van der Waals surface area contributed by atoms with Crippen LogP contribution in [0.4, 0.5) is 0 Å². The van der Waals surface area contributed by atoms with E-state index in [2.05, 4.69) is 15.9 Å². The van der Waals surface area contributed by atoms with E-state index in [1.807, 2.05) is 24.3 Å². The molecule has 4 aliphatic heterocycles. The van der Waals surface area contributed by atoms with Crippen LogP contribution in [-0.2, 0) is 11.3 Å². The standard InChI is InChI=1S/C25H31N3O2/c29-23(16-27-14-18-6-1-2-8-21(18)25(27)30)28-11-5-7-17-12-19-13-20(24(17)28)15-26-10-4-3-9-22(19)26/h1-2,6,8,12,19-20,22,24H,3-5,7,9-11,13-16H2/t19-,20-,22-,24+/m0/s1. The van der Waals surface area contributed by atoms with Gasteiger partial charge in [-0.1, -0.05) is 36.3 Å². The normalized spacial score (nSPS) is 32.9. The predicted molar refractivity (Wildman–Crippen MR) is 115 cm³/mol. The van der Waals surface area contributed by atoms with Crippen LogP contribution in [0.2, 0.25) is 0 Å². The molecule has 3 saturated heterocycles. The zero-order chi connectivity index (χ0) is 20.2. The van der Waals surface area contributed by atoms with Gasteiger partial charge in [0.15, 0.2) is 0 Å². The second-order valence-electron chi connectivity index (χ2n) is 9.91. The van der Waals surface area contributed by atoms with E-state index in [9.17, 15) is 9.59 Å². The summed E-state index contributed by atoms with van der Waals surface area (Å²) in [7, 11) is 0. The molecular formula is C25H31N3O2. The fraction of sp³-hybridized carbons (Fsp3) is 0.600. The van der Waals surface area contributed by atoms with Crippen molar-refractivity contribution in [2.75, 3.05) is 26.2 Å². The summed E-state index contributed by atoms with van der Waals surface area (Å²) in [6.45, 7) is 3.96. The van der Waals surface area contributed by atoms with Crippen molar-refractivity contribution in [3.63, 3.8) is 0 Å². The minimum absolute atomic E-state index is 0.00394. The number of hydrogen-bond donors (Lipinski definition) is 0. The zero-order valence-corrected chi connectivity index (χ0v) is 17.6. The molecule has 0 spiro atoms. The number of carbonyl (C=O) groups is 2. The molecule has 2 amide bonds. The maximum absolute atomic E-state index is 13.4. The van der Waals surface area contributed by atoms with Crippen molar-refractivity contribution in [2.24, 2.45) is 11.8 Å². The molecule has 1 aliphatic carbocycles. The van der Waals surface area contributed by atoms with Gasteiger partial charge in [0.05, 0.1) is 6.04 Å². The number of hydrogen-bond acceptors (Lipinski definition) is 3. The van der Waals surface area contributed by atoms with Gasteiger partial charge in [0.1, 0.15) is 6.54 Å². The molecule has 158 valence electrons. The van der Waals surface area contributed by atoms with E-state index in [0.717, 1.165) is 43.1 Å². The SMILES string of the molecule is O=C1c2ccccc2CN1CC(=O)N1CCCC2=C[C@H]3C[C@@H](CN4CCCC[C@@H]34)[C@@H]21. The van der Waals surface area contributed by atoms with Crippen molar-refractivity contribution in [3.8, 4) is 0 Å². The summed E-state index contributed by atoms with van der Waals surface area (Å²) in [6.07, 6.45) is 10.0. The van der Waals surface area contributed by atoms with Gasteiger partial charge >= 0.3 is 0 Å². The number of fused-ring (bicyclic) bond motifs is 7. The summed E-state index contributed by atoms with van der Waals surface area (Å²) in [5, 5.41) is 0. The highest BCUT2D eigenvalue weighted by Crippen LogP contribution is 2.45. The molecule has 0 aromatic heterocycles. The molecule has 0 unspecified atom stereocenters. The Bertz CT molecular complexity index is 909. The Morgan fingerprint density at radius 1 is 1.10 bits per heavy atom. The second-order valence-corrected chi connectivity index (χ2v) is 9.91. The summed E-state index contributed by atoms with van der Waals surface area (Å²) in [5.41, 5.74) is 3.31. The van der Waals surface area contributed by atoms with Gasteiger partial charge in [0.2, 0.25) is 5.91 Å². The number of nitrogens with zero attached hydrogens (tertiary/aromatic N) is 3. The van der Waals surface area contributed by atoms with Crippen molar-refractivity contribution in [3.05, 3.63) is 47.0 Å². The van der Waals surface area contributed by atoms with Crippen LogP contribution in [0.5, 0.6) is 0 Å². The Morgan fingerprint density at radius 3 is 2.90 bits per heavy atom. The van der Waals surface area contributed by atoms with Gasteiger partial charge in [-0.2, -0.15) is 0 Å². The lowest BCUT2D eigenvalue weighted by atomic mass is 9.68. The van der Waals surface area contributed by atoms with Gasteiger partial charge in [0.25, 0.3) is 5.91 Å². The first-order valence-electron chi connectivity index (χ1n) is 11.8. The van der Waals surface area contributed by atoms with Crippen LogP contribution in [0.25, 0.3) is 0 Å². The smallest absolute Gasteiger partial charge is 0.254 e. The third-order valence-corrected chi connectivity index (χ3v) is 8.20. The molecular weight excluding hydrogens is 374 g/mol. The first-order chi connectivity index (χ1) is 14.7. The fourth-order valence-electron chi connectivity index (χ4n) is 6.95. The van der Waals surface area contributed by atoms with E-state index in [4.69, 9.17) is 0 Å². The van der Waals surface area contributed by atoms with Gasteiger partial charge in [-0.3, -0.25) is 14.5 Å². The van der Waals surface area contributed by atoms with Crippen LogP contribution in [-0.4, -0.2) is 64.8 Å². The molecule has 30 heavy (non-hydrogen) atoms. The average Bonchev–Trinajstić information content (AvgIpc) is 3.09. The van der Waals surface area contributed by atoms with Crippen LogP contribution >= 0.6 is 0 Å². The number of rotatable bonds is 2. The summed E-state index contributed by atoms with van der Waals surface area (Å²) in [6, 6.07) is 8.73. The summed E-state index contributed by atoms with van der Waals surface area (Å²) in [5.74, 6) is 1.37. The number of carbonyl (C=O) groups excluding carboxylic acids is 2. The molecule has 5 aliphatic rings. The topological polar surface area (TPSA) is 43.9 Å². The quantitative estimate of drug-likeness (QED) is 0.711. The molecule has 5 heteroatoms. The third-order valence-electron chi connectivity index (χ3n) is 8.20. The largest absolute Gasteiger partial charge is 0.334 e. The van der Waals surface area contributed by atoms with E-state index >= 15 is 0 Å². The van der Waals surface area contributed by atoms with Gasteiger partial charge in [-0.15, -0.1) is 0 Å². The lowest BCUT2D eigenvalue weighted by Gasteiger charge is -2.54. The van der Waals surface area contributed by atoms with E-state index in [0.29, 0.717) is 18.4 Å². The lowest BCUT2D eigenvalue weighted by Crippen LogP contribution is -2.60. The zero-order valence-electron chi connectivity index (χ0n) is 17.6. The monoisotopic (exact) mass is 405 g/mol. The van der Waals surface area contributed by atoms with Gasteiger partial charge in [0, 0.05) is 31.2 Å². The number of amides is 2. The molecule has 6 rings (SSSR count). The Hall–Kier alpha value is -2.14. The molecule has 4 atom stereocenters. The molecule has 0 saturated carbocycles.